The van der Waals surface area contributed by atoms with Gasteiger partial charge in [0, 0.05) is 0 Å². The minimum Gasteiger partial charge on any atom is -0.0991 e. The Morgan fingerprint density at radius 2 is 0.951 bits per heavy atom. The van der Waals surface area contributed by atoms with Crippen molar-refractivity contribution in [2.24, 2.45) is 0 Å². The molecule has 0 saturated heterocycles. The van der Waals surface area contributed by atoms with E-state index in [0.29, 0.717) is 0 Å². The van der Waals surface area contributed by atoms with Crippen LogP contribution >= 0.6 is 0 Å². The van der Waals surface area contributed by atoms with Crippen LogP contribution in [-0.2, 0) is 0 Å². The highest BCUT2D eigenvalue weighted by atomic mass is 14.2. The highest BCUT2D eigenvalue weighted by Gasteiger charge is 2.19. The van der Waals surface area contributed by atoms with Crippen LogP contribution in [0.4, 0.5) is 0 Å². The summed E-state index contributed by atoms with van der Waals surface area (Å²) >= 11 is 0. The topological polar surface area (TPSA) is 0 Å². The number of allylic oxidation sites excluding steroid dienone is 2. The minimum absolute atomic E-state index is 1.11. The first-order valence-electron chi connectivity index (χ1n) is 13.8. The van der Waals surface area contributed by atoms with Crippen molar-refractivity contribution in [2.45, 2.75) is 6.92 Å². The number of fused-ring (bicyclic) bond motifs is 2. The van der Waals surface area contributed by atoms with E-state index >= 15 is 0 Å². The SMILES string of the molecule is C=CC=C.C=Cc1c(C=C)c(-c2cccc(-c3ccc4ccccc4c3)c2)c2ccccc2c1-c1ccc(C)cc1. The number of hydrogen-bond donors (Lipinski definition) is 0. The average molecular weight is 527 g/mol. The van der Waals surface area contributed by atoms with Crippen molar-refractivity contribution in [3.63, 3.8) is 0 Å². The molecule has 0 aliphatic heterocycles. The van der Waals surface area contributed by atoms with Gasteiger partial charge in [0.2, 0.25) is 0 Å². The molecule has 0 aliphatic rings. The van der Waals surface area contributed by atoms with Crippen LogP contribution in [0.3, 0.4) is 0 Å². The number of aryl methyl sites for hydroxylation is 1. The van der Waals surface area contributed by atoms with Gasteiger partial charge in [0.05, 0.1) is 0 Å². The zero-order valence-corrected chi connectivity index (χ0v) is 23.6. The molecular formula is C41H34. The first-order chi connectivity index (χ1) is 20.1. The van der Waals surface area contributed by atoms with Crippen molar-refractivity contribution in [3.05, 3.63) is 170 Å². The molecule has 0 atom stereocenters. The molecule has 6 aromatic carbocycles. The lowest BCUT2D eigenvalue weighted by Gasteiger charge is -2.20. The second kappa shape index (κ2) is 12.3. The Morgan fingerprint density at radius 3 is 1.56 bits per heavy atom. The molecule has 0 radical (unpaired) electrons. The van der Waals surface area contributed by atoms with Crippen LogP contribution < -0.4 is 0 Å². The third kappa shape index (κ3) is 5.46. The van der Waals surface area contributed by atoms with Crippen molar-refractivity contribution in [1.82, 2.24) is 0 Å². The first-order valence-corrected chi connectivity index (χ1v) is 13.8. The number of benzene rings is 6. The lowest BCUT2D eigenvalue weighted by molar-refractivity contribution is 1.47. The van der Waals surface area contributed by atoms with Crippen molar-refractivity contribution in [1.29, 1.82) is 0 Å². The van der Waals surface area contributed by atoms with Gasteiger partial charge in [-0.3, -0.25) is 0 Å². The van der Waals surface area contributed by atoms with Gasteiger partial charge in [-0.25, -0.2) is 0 Å². The smallest absolute Gasteiger partial charge is 0.00264 e. The largest absolute Gasteiger partial charge is 0.0991 e. The van der Waals surface area contributed by atoms with E-state index in [0.717, 1.165) is 11.1 Å². The van der Waals surface area contributed by atoms with E-state index in [4.69, 9.17) is 0 Å². The Hall–Kier alpha value is -5.20. The van der Waals surface area contributed by atoms with Gasteiger partial charge in [0.25, 0.3) is 0 Å². The van der Waals surface area contributed by atoms with Crippen LogP contribution in [0.15, 0.2) is 154 Å². The molecule has 0 saturated carbocycles. The van der Waals surface area contributed by atoms with Crippen LogP contribution in [0.25, 0.3) is 67.1 Å². The first kappa shape index (κ1) is 27.4. The second-order valence-corrected chi connectivity index (χ2v) is 10.0. The number of rotatable bonds is 6. The van der Waals surface area contributed by atoms with Gasteiger partial charge in [-0.1, -0.05) is 159 Å². The Kier molecular flexibility index (Phi) is 8.23. The van der Waals surface area contributed by atoms with Crippen LogP contribution in [0.1, 0.15) is 16.7 Å². The van der Waals surface area contributed by atoms with E-state index in [2.05, 4.69) is 149 Å². The quantitative estimate of drug-likeness (QED) is 0.189. The molecule has 198 valence electrons. The van der Waals surface area contributed by atoms with Crippen molar-refractivity contribution in [3.8, 4) is 33.4 Å². The summed E-state index contributed by atoms with van der Waals surface area (Å²) in [5, 5.41) is 4.94. The summed E-state index contributed by atoms with van der Waals surface area (Å²) in [6, 6.07) is 41.5. The van der Waals surface area contributed by atoms with Crippen molar-refractivity contribution >= 4 is 33.7 Å². The molecule has 0 aromatic heterocycles. The summed E-state index contributed by atoms with van der Waals surface area (Å²) in [5.41, 5.74) is 10.7. The molecule has 0 unspecified atom stereocenters. The normalized spacial score (nSPS) is 10.5. The zero-order chi connectivity index (χ0) is 28.8. The Labute approximate surface area is 243 Å². The number of hydrogen-bond acceptors (Lipinski definition) is 0. The fourth-order valence-corrected chi connectivity index (χ4v) is 5.47. The molecule has 6 rings (SSSR count). The molecule has 0 nitrogen and oxygen atoms in total. The summed E-state index contributed by atoms with van der Waals surface area (Å²) < 4.78 is 0. The highest BCUT2D eigenvalue weighted by Crippen LogP contribution is 2.43. The molecular weight excluding hydrogens is 492 g/mol. The Morgan fingerprint density at radius 1 is 0.439 bits per heavy atom. The van der Waals surface area contributed by atoms with E-state index < -0.39 is 0 Å². The summed E-state index contributed by atoms with van der Waals surface area (Å²) in [5.74, 6) is 0. The van der Waals surface area contributed by atoms with Crippen LogP contribution in [0.2, 0.25) is 0 Å². The van der Waals surface area contributed by atoms with E-state index in [9.17, 15) is 0 Å². The summed E-state index contributed by atoms with van der Waals surface area (Å²) in [4.78, 5) is 0. The van der Waals surface area contributed by atoms with Crippen LogP contribution in [0, 0.1) is 6.92 Å². The summed E-state index contributed by atoms with van der Waals surface area (Å²) in [7, 11) is 0. The predicted molar refractivity (Wildman–Crippen MR) is 183 cm³/mol. The van der Waals surface area contributed by atoms with E-state index in [1.165, 1.54) is 60.5 Å². The van der Waals surface area contributed by atoms with E-state index in [1.807, 2.05) is 12.2 Å². The molecule has 0 aliphatic carbocycles. The van der Waals surface area contributed by atoms with Gasteiger partial charge < -0.3 is 0 Å². The maximum atomic E-state index is 4.25. The molecule has 0 spiro atoms. The van der Waals surface area contributed by atoms with Crippen molar-refractivity contribution < 1.29 is 0 Å². The van der Waals surface area contributed by atoms with Crippen LogP contribution in [0.5, 0.6) is 0 Å². The maximum Gasteiger partial charge on any atom is -0.00264 e. The molecule has 0 fully saturated rings. The molecule has 0 bridgehead atoms. The lowest BCUT2D eigenvalue weighted by atomic mass is 9.83. The molecule has 0 N–H and O–H groups in total. The Bertz CT molecular complexity index is 1890. The van der Waals surface area contributed by atoms with Crippen molar-refractivity contribution in [2.75, 3.05) is 0 Å². The predicted octanol–water partition coefficient (Wildman–Crippen LogP) is 11.9. The summed E-state index contributed by atoms with van der Waals surface area (Å²) in [6.45, 7) is 17.3. The fraction of sp³-hybridized carbons (Fsp3) is 0.0244. The second-order valence-electron chi connectivity index (χ2n) is 10.0. The lowest BCUT2D eigenvalue weighted by Crippen LogP contribution is -1.96. The molecule has 41 heavy (non-hydrogen) atoms. The average Bonchev–Trinajstić information content (AvgIpc) is 3.04. The molecule has 0 heterocycles. The van der Waals surface area contributed by atoms with E-state index in [1.54, 1.807) is 12.2 Å². The maximum absolute atomic E-state index is 4.25. The molecule has 0 heteroatoms. The third-order valence-corrected chi connectivity index (χ3v) is 7.44. The fourth-order valence-electron chi connectivity index (χ4n) is 5.47. The van der Waals surface area contributed by atoms with Gasteiger partial charge in [-0.05, 0) is 85.1 Å². The van der Waals surface area contributed by atoms with E-state index in [-0.39, 0.29) is 0 Å². The van der Waals surface area contributed by atoms with Gasteiger partial charge >= 0.3 is 0 Å². The summed E-state index contributed by atoms with van der Waals surface area (Å²) in [6.07, 6.45) is 7.24. The highest BCUT2D eigenvalue weighted by molar-refractivity contribution is 6.11. The zero-order valence-electron chi connectivity index (χ0n) is 23.6. The van der Waals surface area contributed by atoms with Crippen LogP contribution in [-0.4, -0.2) is 0 Å². The molecule has 0 amide bonds. The minimum atomic E-state index is 1.11. The van der Waals surface area contributed by atoms with Gasteiger partial charge in [-0.2, -0.15) is 0 Å². The van der Waals surface area contributed by atoms with Gasteiger partial charge in [0.15, 0.2) is 0 Å². The monoisotopic (exact) mass is 526 g/mol. The van der Waals surface area contributed by atoms with Gasteiger partial charge in [-0.15, -0.1) is 0 Å². The third-order valence-electron chi connectivity index (χ3n) is 7.44. The standard InChI is InChI=1S/C37H28.C4H6/c1-4-32-33(5-2)37(35-16-9-8-15-34(35)36(32)27-19-17-25(3)18-20-27)31-14-10-13-29(24-31)30-22-21-26-11-6-7-12-28(26)23-30;1-3-4-2/h4-24H,1-2H2,3H3;3-4H,1-2H2. The Balaban J connectivity index is 0.000000794. The van der Waals surface area contributed by atoms with Gasteiger partial charge in [0.1, 0.15) is 0 Å². The molecule has 6 aromatic rings.